The van der Waals surface area contributed by atoms with Crippen molar-refractivity contribution in [1.82, 2.24) is 0 Å². The van der Waals surface area contributed by atoms with Gasteiger partial charge in [-0.1, -0.05) is 33.1 Å². The van der Waals surface area contributed by atoms with Crippen LogP contribution in [0.25, 0.3) is 0 Å². The second kappa shape index (κ2) is 4.61. The van der Waals surface area contributed by atoms with Gasteiger partial charge in [0.05, 0.1) is 17.1 Å². The van der Waals surface area contributed by atoms with Gasteiger partial charge in [0, 0.05) is 0 Å². The summed E-state index contributed by atoms with van der Waals surface area (Å²) in [7, 11) is 0. The van der Waals surface area contributed by atoms with Gasteiger partial charge >= 0.3 is 0 Å². The van der Waals surface area contributed by atoms with Crippen LogP contribution in [0.1, 0.15) is 65.2 Å². The number of nitrogens with zero attached hydrogens (tertiary/aromatic N) is 1. The van der Waals surface area contributed by atoms with Crippen molar-refractivity contribution in [1.29, 1.82) is 5.26 Å². The van der Waals surface area contributed by atoms with Gasteiger partial charge in [-0.25, -0.2) is 0 Å². The Kier molecular flexibility index (Phi) is 3.50. The van der Waals surface area contributed by atoms with Gasteiger partial charge in [-0.2, -0.15) is 5.26 Å². The first kappa shape index (κ1) is 12.9. The van der Waals surface area contributed by atoms with Crippen molar-refractivity contribution in [3.05, 3.63) is 0 Å². The smallest absolute Gasteiger partial charge is 0.0860 e. The molecule has 0 amide bonds. The minimum absolute atomic E-state index is 0.430. The van der Waals surface area contributed by atoms with E-state index in [2.05, 4.69) is 19.9 Å². The predicted octanol–water partition coefficient (Wildman–Crippen LogP) is 3.65. The highest BCUT2D eigenvalue weighted by Gasteiger charge is 2.54. The Morgan fingerprint density at radius 1 is 1.18 bits per heavy atom. The van der Waals surface area contributed by atoms with E-state index < -0.39 is 11.0 Å². The van der Waals surface area contributed by atoms with E-state index in [1.54, 1.807) is 0 Å². The largest absolute Gasteiger partial charge is 0.388 e. The SMILES string of the molecule is CC(C)C1CCCC(O)(C2(C#N)CCCC2)C1. The van der Waals surface area contributed by atoms with Crippen molar-refractivity contribution in [2.45, 2.75) is 70.8 Å². The molecule has 0 spiro atoms. The molecule has 1 N–H and O–H groups in total. The van der Waals surface area contributed by atoms with E-state index in [1.807, 2.05) is 0 Å². The van der Waals surface area contributed by atoms with Crippen LogP contribution in [-0.2, 0) is 0 Å². The van der Waals surface area contributed by atoms with Crippen molar-refractivity contribution in [3.8, 4) is 6.07 Å². The molecule has 96 valence electrons. The lowest BCUT2D eigenvalue weighted by molar-refractivity contribution is -0.0993. The molecule has 2 aliphatic rings. The molecular weight excluding hydrogens is 210 g/mol. The standard InChI is InChI=1S/C15H25NO/c1-12(2)13-6-5-9-15(17,10-13)14(11-16)7-3-4-8-14/h12-13,17H,3-10H2,1-2H3. The van der Waals surface area contributed by atoms with Crippen LogP contribution in [0.5, 0.6) is 0 Å². The lowest BCUT2D eigenvalue weighted by atomic mass is 9.61. The third-order valence-electron chi connectivity index (χ3n) is 5.27. The van der Waals surface area contributed by atoms with Gasteiger partial charge in [0.25, 0.3) is 0 Å². The Hall–Kier alpha value is -0.550. The quantitative estimate of drug-likeness (QED) is 0.794. The molecule has 2 nitrogen and oxygen atoms in total. The van der Waals surface area contributed by atoms with Crippen LogP contribution in [0, 0.1) is 28.6 Å². The van der Waals surface area contributed by atoms with Crippen LogP contribution in [-0.4, -0.2) is 10.7 Å². The maximum Gasteiger partial charge on any atom is 0.0860 e. The molecule has 0 bridgehead atoms. The third-order valence-corrected chi connectivity index (χ3v) is 5.27. The van der Waals surface area contributed by atoms with Crippen LogP contribution in [0.4, 0.5) is 0 Å². The van der Waals surface area contributed by atoms with Crippen LogP contribution in [0.3, 0.4) is 0 Å². The Morgan fingerprint density at radius 3 is 2.35 bits per heavy atom. The van der Waals surface area contributed by atoms with Crippen molar-refractivity contribution in [2.75, 3.05) is 0 Å². The van der Waals surface area contributed by atoms with Crippen LogP contribution in [0.15, 0.2) is 0 Å². The lowest BCUT2D eigenvalue weighted by Crippen LogP contribution is -2.49. The second-order valence-corrected chi connectivity index (χ2v) is 6.53. The number of nitriles is 1. The summed E-state index contributed by atoms with van der Waals surface area (Å²) in [5.41, 5.74) is -1.13. The van der Waals surface area contributed by atoms with E-state index in [0.29, 0.717) is 11.8 Å². The molecule has 2 rings (SSSR count). The van der Waals surface area contributed by atoms with Crippen molar-refractivity contribution in [2.24, 2.45) is 17.3 Å². The monoisotopic (exact) mass is 235 g/mol. The third kappa shape index (κ3) is 2.10. The summed E-state index contributed by atoms with van der Waals surface area (Å²) in [6.07, 6.45) is 8.03. The summed E-state index contributed by atoms with van der Waals surface area (Å²) in [6, 6.07) is 2.50. The minimum Gasteiger partial charge on any atom is -0.388 e. The van der Waals surface area contributed by atoms with Crippen molar-refractivity contribution in [3.63, 3.8) is 0 Å². The molecule has 2 saturated carbocycles. The molecule has 2 fully saturated rings. The Bertz CT molecular complexity index is 311. The highest BCUT2D eigenvalue weighted by molar-refractivity contribution is 5.14. The molecule has 17 heavy (non-hydrogen) atoms. The minimum atomic E-state index is -0.703. The molecule has 0 aromatic carbocycles. The molecule has 0 aromatic rings. The predicted molar refractivity (Wildman–Crippen MR) is 68.3 cm³/mol. The first-order chi connectivity index (χ1) is 8.03. The zero-order chi connectivity index (χ0) is 12.5. The van der Waals surface area contributed by atoms with E-state index in [0.717, 1.165) is 44.9 Å². The number of hydrogen-bond acceptors (Lipinski definition) is 2. The Balaban J connectivity index is 2.20. The van der Waals surface area contributed by atoms with Crippen LogP contribution >= 0.6 is 0 Å². The van der Waals surface area contributed by atoms with Gasteiger partial charge in [0.1, 0.15) is 0 Å². The van der Waals surface area contributed by atoms with Gasteiger partial charge < -0.3 is 5.11 Å². The van der Waals surface area contributed by atoms with Crippen LogP contribution in [0.2, 0.25) is 0 Å². The summed E-state index contributed by atoms with van der Waals surface area (Å²) in [6.45, 7) is 4.48. The fraction of sp³-hybridized carbons (Fsp3) is 0.933. The summed E-state index contributed by atoms with van der Waals surface area (Å²) in [5, 5.41) is 20.6. The molecule has 0 saturated heterocycles. The lowest BCUT2D eigenvalue weighted by Gasteiger charge is -2.46. The molecule has 2 unspecified atom stereocenters. The first-order valence-corrected chi connectivity index (χ1v) is 7.17. The average Bonchev–Trinajstić information content (AvgIpc) is 2.79. The maximum atomic E-state index is 11.0. The summed E-state index contributed by atoms with van der Waals surface area (Å²) in [4.78, 5) is 0. The molecule has 0 aromatic heterocycles. The topological polar surface area (TPSA) is 44.0 Å². The average molecular weight is 235 g/mol. The second-order valence-electron chi connectivity index (χ2n) is 6.53. The Labute approximate surface area is 105 Å². The summed E-state index contributed by atoms with van der Waals surface area (Å²) >= 11 is 0. The Morgan fingerprint density at radius 2 is 1.82 bits per heavy atom. The highest BCUT2D eigenvalue weighted by Crippen LogP contribution is 2.53. The molecular formula is C15H25NO. The van der Waals surface area contributed by atoms with Gasteiger partial charge in [-0.15, -0.1) is 0 Å². The van der Waals surface area contributed by atoms with Crippen molar-refractivity contribution < 1.29 is 5.11 Å². The molecule has 0 heterocycles. The van der Waals surface area contributed by atoms with Crippen molar-refractivity contribution >= 4 is 0 Å². The van der Waals surface area contributed by atoms with Gasteiger partial charge in [0.2, 0.25) is 0 Å². The number of hydrogen-bond donors (Lipinski definition) is 1. The van der Waals surface area contributed by atoms with Gasteiger partial charge in [-0.05, 0) is 43.9 Å². The first-order valence-electron chi connectivity index (χ1n) is 7.17. The molecule has 0 aliphatic heterocycles. The fourth-order valence-corrected chi connectivity index (χ4v) is 3.96. The van der Waals surface area contributed by atoms with E-state index >= 15 is 0 Å². The van der Waals surface area contributed by atoms with E-state index in [9.17, 15) is 10.4 Å². The molecule has 2 heteroatoms. The zero-order valence-corrected chi connectivity index (χ0v) is 11.2. The van der Waals surface area contributed by atoms with Gasteiger partial charge in [0.15, 0.2) is 0 Å². The summed E-state index contributed by atoms with van der Waals surface area (Å²) < 4.78 is 0. The van der Waals surface area contributed by atoms with E-state index in [1.165, 1.54) is 6.42 Å². The van der Waals surface area contributed by atoms with E-state index in [4.69, 9.17) is 0 Å². The van der Waals surface area contributed by atoms with Crippen LogP contribution < -0.4 is 0 Å². The summed E-state index contributed by atoms with van der Waals surface area (Å²) in [5.74, 6) is 1.22. The number of rotatable bonds is 2. The normalized spacial score (nSPS) is 37.0. The number of aliphatic hydroxyl groups is 1. The highest BCUT2D eigenvalue weighted by atomic mass is 16.3. The fourth-order valence-electron chi connectivity index (χ4n) is 3.96. The molecule has 2 aliphatic carbocycles. The molecule has 0 radical (unpaired) electrons. The zero-order valence-electron chi connectivity index (χ0n) is 11.2. The van der Waals surface area contributed by atoms with Gasteiger partial charge in [-0.3, -0.25) is 0 Å². The van der Waals surface area contributed by atoms with E-state index in [-0.39, 0.29) is 0 Å². The molecule has 2 atom stereocenters. The maximum absolute atomic E-state index is 11.0.